The normalized spacial score (nSPS) is 11.2. The first kappa shape index (κ1) is 15.1. The standard InChI is InChI=1S/C16H13FN4OS/c17-11-6-7-13-12(8-11)14(15(22)19-13)20-21-16(23)18-9-10-4-2-1-3-5-10/h1-8,19,22H,9H2,(H,18,23). The topological polar surface area (TPSA) is 72.8 Å². The minimum atomic E-state index is -0.419. The van der Waals surface area contributed by atoms with E-state index in [2.05, 4.69) is 20.5 Å². The lowest BCUT2D eigenvalue weighted by Gasteiger charge is -2.02. The fourth-order valence-electron chi connectivity index (χ4n) is 2.14. The molecule has 3 rings (SSSR count). The first-order chi connectivity index (χ1) is 11.1. The van der Waals surface area contributed by atoms with E-state index in [0.717, 1.165) is 5.56 Å². The van der Waals surface area contributed by atoms with Gasteiger partial charge in [-0.1, -0.05) is 30.3 Å². The van der Waals surface area contributed by atoms with Gasteiger partial charge in [0, 0.05) is 11.9 Å². The van der Waals surface area contributed by atoms with E-state index in [4.69, 9.17) is 12.2 Å². The van der Waals surface area contributed by atoms with Crippen molar-refractivity contribution in [1.29, 1.82) is 0 Å². The average molecular weight is 328 g/mol. The summed E-state index contributed by atoms with van der Waals surface area (Å²) in [6, 6.07) is 13.8. The number of nitrogens with one attached hydrogen (secondary N) is 2. The number of nitrogens with zero attached hydrogens (tertiary/aromatic N) is 2. The molecule has 0 saturated heterocycles. The van der Waals surface area contributed by atoms with E-state index >= 15 is 0 Å². The van der Waals surface area contributed by atoms with Crippen LogP contribution in [0.5, 0.6) is 5.88 Å². The van der Waals surface area contributed by atoms with Gasteiger partial charge in [0.25, 0.3) is 0 Å². The van der Waals surface area contributed by atoms with E-state index in [1.807, 2.05) is 30.3 Å². The number of H-pyrrole nitrogens is 1. The van der Waals surface area contributed by atoms with Crippen LogP contribution in [0.1, 0.15) is 5.56 Å². The highest BCUT2D eigenvalue weighted by Crippen LogP contribution is 2.35. The van der Waals surface area contributed by atoms with Crippen LogP contribution in [-0.4, -0.2) is 15.2 Å². The molecule has 2 aromatic carbocycles. The molecule has 3 N–H and O–H groups in total. The number of thiocarbonyl (C=S) groups is 1. The molecule has 0 aliphatic carbocycles. The number of rotatable bonds is 3. The summed E-state index contributed by atoms with van der Waals surface area (Å²) in [7, 11) is 0. The van der Waals surface area contributed by atoms with Crippen LogP contribution in [0.25, 0.3) is 10.9 Å². The second-order valence-corrected chi connectivity index (χ2v) is 5.24. The Labute approximate surface area is 136 Å². The highest BCUT2D eigenvalue weighted by Gasteiger charge is 2.11. The molecule has 0 radical (unpaired) electrons. The molecular formula is C16H13FN4OS. The quantitative estimate of drug-likeness (QED) is 0.499. The highest BCUT2D eigenvalue weighted by atomic mass is 32.1. The van der Waals surface area contributed by atoms with Gasteiger partial charge in [-0.05, 0) is 36.0 Å². The largest absolute Gasteiger partial charge is 0.493 e. The van der Waals surface area contributed by atoms with Gasteiger partial charge in [-0.2, -0.15) is 0 Å². The van der Waals surface area contributed by atoms with Gasteiger partial charge < -0.3 is 15.4 Å². The van der Waals surface area contributed by atoms with Gasteiger partial charge in [0.05, 0.1) is 5.52 Å². The molecule has 3 aromatic rings. The zero-order valence-electron chi connectivity index (χ0n) is 12.0. The summed E-state index contributed by atoms with van der Waals surface area (Å²) in [6.07, 6.45) is 0. The van der Waals surface area contributed by atoms with Gasteiger partial charge in [0.15, 0.2) is 5.69 Å². The summed E-state index contributed by atoms with van der Waals surface area (Å²) in [5.74, 6) is -0.599. The molecule has 0 unspecified atom stereocenters. The van der Waals surface area contributed by atoms with E-state index in [-0.39, 0.29) is 16.7 Å². The minimum absolute atomic E-state index is 0.156. The number of aromatic hydroxyl groups is 1. The van der Waals surface area contributed by atoms with E-state index in [1.54, 1.807) is 0 Å². The molecule has 116 valence electrons. The summed E-state index contributed by atoms with van der Waals surface area (Å²) in [5, 5.41) is 21.2. The molecule has 23 heavy (non-hydrogen) atoms. The predicted octanol–water partition coefficient (Wildman–Crippen LogP) is 4.17. The van der Waals surface area contributed by atoms with Crippen LogP contribution >= 0.6 is 12.2 Å². The van der Waals surface area contributed by atoms with Crippen molar-refractivity contribution >= 4 is 33.9 Å². The molecular weight excluding hydrogens is 315 g/mol. The first-order valence-electron chi connectivity index (χ1n) is 6.87. The fourth-order valence-corrected chi connectivity index (χ4v) is 2.25. The molecule has 0 aliphatic rings. The molecule has 0 atom stereocenters. The van der Waals surface area contributed by atoms with Gasteiger partial charge in [-0.25, -0.2) is 4.39 Å². The number of halogens is 1. The number of aromatic amines is 1. The SMILES string of the molecule is Oc1[nH]c2ccc(F)cc2c1N=NC(=S)NCc1ccccc1. The second kappa shape index (κ2) is 6.53. The molecule has 5 nitrogen and oxygen atoms in total. The van der Waals surface area contributed by atoms with Crippen LogP contribution in [0.15, 0.2) is 58.8 Å². The molecule has 0 bridgehead atoms. The van der Waals surface area contributed by atoms with Crippen molar-refractivity contribution in [2.75, 3.05) is 0 Å². The van der Waals surface area contributed by atoms with E-state index in [9.17, 15) is 9.50 Å². The third kappa shape index (κ3) is 3.51. The Morgan fingerprint density at radius 2 is 2.00 bits per heavy atom. The molecule has 0 amide bonds. The van der Waals surface area contributed by atoms with Crippen LogP contribution in [0.4, 0.5) is 10.1 Å². The van der Waals surface area contributed by atoms with Crippen molar-refractivity contribution in [2.45, 2.75) is 6.54 Å². The predicted molar refractivity (Wildman–Crippen MR) is 90.3 cm³/mol. The number of hydrogen-bond donors (Lipinski definition) is 3. The Hall–Kier alpha value is -2.80. The fraction of sp³-hybridized carbons (Fsp3) is 0.0625. The van der Waals surface area contributed by atoms with Crippen molar-refractivity contribution in [3.05, 3.63) is 59.9 Å². The molecule has 0 aliphatic heterocycles. The summed E-state index contributed by atoms with van der Waals surface area (Å²) in [4.78, 5) is 2.71. The van der Waals surface area contributed by atoms with Gasteiger partial charge in [0.2, 0.25) is 11.0 Å². The maximum absolute atomic E-state index is 13.3. The van der Waals surface area contributed by atoms with Crippen molar-refractivity contribution in [3.8, 4) is 5.88 Å². The Morgan fingerprint density at radius 1 is 1.22 bits per heavy atom. The zero-order chi connectivity index (χ0) is 16.2. The molecule has 1 aromatic heterocycles. The van der Waals surface area contributed by atoms with E-state index in [1.165, 1.54) is 18.2 Å². The third-order valence-corrected chi connectivity index (χ3v) is 3.47. The Morgan fingerprint density at radius 3 is 2.78 bits per heavy atom. The smallest absolute Gasteiger partial charge is 0.218 e. The maximum Gasteiger partial charge on any atom is 0.218 e. The lowest BCUT2D eigenvalue weighted by atomic mass is 10.2. The molecule has 0 spiro atoms. The van der Waals surface area contributed by atoms with Crippen molar-refractivity contribution < 1.29 is 9.50 Å². The Balaban J connectivity index is 1.73. The number of benzene rings is 2. The van der Waals surface area contributed by atoms with Crippen LogP contribution < -0.4 is 5.32 Å². The van der Waals surface area contributed by atoms with Gasteiger partial charge in [-0.3, -0.25) is 0 Å². The third-order valence-electron chi connectivity index (χ3n) is 3.24. The number of azo groups is 1. The lowest BCUT2D eigenvalue weighted by molar-refractivity contribution is 0.459. The summed E-state index contributed by atoms with van der Waals surface area (Å²) >= 11 is 5.08. The van der Waals surface area contributed by atoms with Crippen molar-refractivity contribution in [3.63, 3.8) is 0 Å². The number of aromatic nitrogens is 1. The molecule has 0 fully saturated rings. The van der Waals surface area contributed by atoms with Crippen molar-refractivity contribution in [2.24, 2.45) is 10.2 Å². The van der Waals surface area contributed by atoms with Gasteiger partial charge >= 0.3 is 0 Å². The van der Waals surface area contributed by atoms with Gasteiger partial charge in [-0.15, -0.1) is 10.2 Å². The Bertz CT molecular complexity index is 876. The Kier molecular flexibility index (Phi) is 4.29. The second-order valence-electron chi connectivity index (χ2n) is 4.86. The lowest BCUT2D eigenvalue weighted by Crippen LogP contribution is -2.18. The van der Waals surface area contributed by atoms with Crippen LogP contribution in [-0.2, 0) is 6.54 Å². The number of fused-ring (bicyclic) bond motifs is 1. The molecule has 1 heterocycles. The summed E-state index contributed by atoms with van der Waals surface area (Å²) in [6.45, 7) is 0.521. The highest BCUT2D eigenvalue weighted by molar-refractivity contribution is 7.80. The zero-order valence-corrected chi connectivity index (χ0v) is 12.8. The van der Waals surface area contributed by atoms with Crippen molar-refractivity contribution in [1.82, 2.24) is 10.3 Å². The van der Waals surface area contributed by atoms with Crippen LogP contribution in [0.3, 0.4) is 0 Å². The monoisotopic (exact) mass is 328 g/mol. The van der Waals surface area contributed by atoms with Gasteiger partial charge in [0.1, 0.15) is 5.82 Å². The first-order valence-corrected chi connectivity index (χ1v) is 7.28. The van der Waals surface area contributed by atoms with Crippen LogP contribution in [0, 0.1) is 5.82 Å². The minimum Gasteiger partial charge on any atom is -0.493 e. The summed E-state index contributed by atoms with van der Waals surface area (Å²) in [5.41, 5.74) is 1.78. The number of hydrogen-bond acceptors (Lipinski definition) is 3. The van der Waals surface area contributed by atoms with Crippen LogP contribution in [0.2, 0.25) is 0 Å². The average Bonchev–Trinajstić information content (AvgIpc) is 2.86. The maximum atomic E-state index is 13.3. The van der Waals surface area contributed by atoms with E-state index in [0.29, 0.717) is 17.4 Å². The summed E-state index contributed by atoms with van der Waals surface area (Å²) < 4.78 is 13.3. The molecule has 7 heteroatoms. The molecule has 0 saturated carbocycles. The van der Waals surface area contributed by atoms with E-state index < -0.39 is 5.82 Å².